The molecule has 19 heavy (non-hydrogen) atoms. The Morgan fingerprint density at radius 1 is 1.26 bits per heavy atom. The minimum absolute atomic E-state index is 0.0491. The van der Waals surface area contributed by atoms with E-state index in [-0.39, 0.29) is 5.91 Å². The second kappa shape index (κ2) is 6.96. The molecule has 1 aliphatic heterocycles. The van der Waals surface area contributed by atoms with Crippen molar-refractivity contribution < 1.29 is 4.79 Å². The van der Waals surface area contributed by atoms with Gasteiger partial charge in [0.15, 0.2) is 0 Å². The molecule has 0 spiro atoms. The van der Waals surface area contributed by atoms with Gasteiger partial charge in [-0.3, -0.25) is 4.79 Å². The summed E-state index contributed by atoms with van der Waals surface area (Å²) < 4.78 is 0. The van der Waals surface area contributed by atoms with Gasteiger partial charge in [0.1, 0.15) is 0 Å². The first-order valence-electron chi connectivity index (χ1n) is 6.93. The van der Waals surface area contributed by atoms with Crippen molar-refractivity contribution in [2.45, 2.75) is 42.9 Å². The zero-order valence-electron chi connectivity index (χ0n) is 11.6. The third-order valence-electron chi connectivity index (χ3n) is 3.16. The van der Waals surface area contributed by atoms with Crippen LogP contribution in [0.3, 0.4) is 0 Å². The molecule has 104 valence electrons. The maximum absolute atomic E-state index is 12.1. The second-order valence-corrected chi connectivity index (χ2v) is 6.84. The van der Waals surface area contributed by atoms with E-state index in [0.717, 1.165) is 31.5 Å². The quantitative estimate of drug-likeness (QED) is 0.832. The van der Waals surface area contributed by atoms with Gasteiger partial charge in [-0.25, -0.2) is 0 Å². The highest BCUT2D eigenvalue weighted by Gasteiger charge is 2.16. The van der Waals surface area contributed by atoms with E-state index in [9.17, 15) is 4.79 Å². The number of thioether (sulfide) groups is 1. The molecular formula is C15H22N2OS. The van der Waals surface area contributed by atoms with Gasteiger partial charge >= 0.3 is 0 Å². The van der Waals surface area contributed by atoms with Crippen LogP contribution >= 0.6 is 11.8 Å². The summed E-state index contributed by atoms with van der Waals surface area (Å²) in [5.74, 6) is 0.0491. The van der Waals surface area contributed by atoms with Gasteiger partial charge in [-0.05, 0) is 50.2 Å². The van der Waals surface area contributed by atoms with Crippen LogP contribution in [0.2, 0.25) is 0 Å². The zero-order chi connectivity index (χ0) is 13.7. The van der Waals surface area contributed by atoms with Crippen molar-refractivity contribution in [3.8, 4) is 0 Å². The molecule has 1 aromatic carbocycles. The Morgan fingerprint density at radius 2 is 1.89 bits per heavy atom. The molecule has 4 heteroatoms. The lowest BCUT2D eigenvalue weighted by atomic mass is 10.1. The molecule has 0 atom stereocenters. The van der Waals surface area contributed by atoms with Gasteiger partial charge in [-0.2, -0.15) is 0 Å². The molecule has 0 aromatic heterocycles. The van der Waals surface area contributed by atoms with Crippen molar-refractivity contribution in [1.29, 1.82) is 0 Å². The highest BCUT2D eigenvalue weighted by molar-refractivity contribution is 7.99. The summed E-state index contributed by atoms with van der Waals surface area (Å²) in [6.07, 6.45) is 2.04. The fourth-order valence-corrected chi connectivity index (χ4v) is 3.03. The van der Waals surface area contributed by atoms with Gasteiger partial charge in [-0.15, -0.1) is 11.8 Å². The largest absolute Gasteiger partial charge is 0.349 e. The van der Waals surface area contributed by atoms with Gasteiger partial charge in [0.25, 0.3) is 5.91 Å². The van der Waals surface area contributed by atoms with Gasteiger partial charge in [0, 0.05) is 21.8 Å². The summed E-state index contributed by atoms with van der Waals surface area (Å²) in [6, 6.07) is 8.21. The topological polar surface area (TPSA) is 41.1 Å². The smallest absolute Gasteiger partial charge is 0.251 e. The Kier molecular flexibility index (Phi) is 5.28. The first kappa shape index (κ1) is 14.4. The Balaban J connectivity index is 1.91. The van der Waals surface area contributed by atoms with Gasteiger partial charge in [0.05, 0.1) is 0 Å². The van der Waals surface area contributed by atoms with E-state index < -0.39 is 0 Å². The normalized spacial score (nSPS) is 16.6. The minimum Gasteiger partial charge on any atom is -0.349 e. The van der Waals surface area contributed by atoms with Crippen molar-refractivity contribution >= 4 is 17.7 Å². The van der Waals surface area contributed by atoms with E-state index in [1.54, 1.807) is 0 Å². The molecule has 2 rings (SSSR count). The molecule has 1 aliphatic rings. The molecule has 1 heterocycles. The number of hydrogen-bond donors (Lipinski definition) is 2. The fraction of sp³-hybridized carbons (Fsp3) is 0.533. The highest BCUT2D eigenvalue weighted by Crippen LogP contribution is 2.22. The lowest BCUT2D eigenvalue weighted by Gasteiger charge is -2.23. The second-order valence-electron chi connectivity index (χ2n) is 5.19. The van der Waals surface area contributed by atoms with Crippen molar-refractivity contribution in [3.63, 3.8) is 0 Å². The number of hydrogen-bond acceptors (Lipinski definition) is 3. The van der Waals surface area contributed by atoms with Crippen LogP contribution in [0.1, 0.15) is 37.0 Å². The molecule has 0 radical (unpaired) electrons. The highest BCUT2D eigenvalue weighted by atomic mass is 32.2. The van der Waals surface area contributed by atoms with E-state index in [1.807, 2.05) is 36.0 Å². The van der Waals surface area contributed by atoms with Crippen molar-refractivity contribution in [3.05, 3.63) is 29.8 Å². The summed E-state index contributed by atoms with van der Waals surface area (Å²) >= 11 is 1.81. The number of rotatable bonds is 4. The van der Waals surface area contributed by atoms with E-state index in [1.165, 1.54) is 4.90 Å². The summed E-state index contributed by atoms with van der Waals surface area (Å²) in [7, 11) is 0. The van der Waals surface area contributed by atoms with Crippen molar-refractivity contribution in [1.82, 2.24) is 10.6 Å². The molecule has 1 aromatic rings. The Bertz CT molecular complexity index is 411. The first-order chi connectivity index (χ1) is 9.15. The predicted octanol–water partition coefficient (Wildman–Crippen LogP) is 2.67. The molecule has 0 aliphatic carbocycles. The molecule has 0 saturated carbocycles. The summed E-state index contributed by atoms with van der Waals surface area (Å²) in [5, 5.41) is 6.97. The third kappa shape index (κ3) is 4.55. The third-order valence-corrected chi connectivity index (χ3v) is 4.18. The average Bonchev–Trinajstić information content (AvgIpc) is 2.40. The maximum atomic E-state index is 12.1. The number of carbonyl (C=O) groups excluding carboxylic acids is 1. The van der Waals surface area contributed by atoms with E-state index in [4.69, 9.17) is 0 Å². The zero-order valence-corrected chi connectivity index (χ0v) is 12.4. The van der Waals surface area contributed by atoms with Crippen molar-refractivity contribution in [2.24, 2.45) is 0 Å². The number of nitrogens with one attached hydrogen (secondary N) is 2. The molecule has 2 N–H and O–H groups in total. The SMILES string of the molecule is CC(C)Sc1ccc(C(=O)NC2CCNCC2)cc1. The van der Waals surface area contributed by atoms with E-state index in [2.05, 4.69) is 24.5 Å². The molecule has 1 amide bonds. The monoisotopic (exact) mass is 278 g/mol. The summed E-state index contributed by atoms with van der Waals surface area (Å²) in [4.78, 5) is 13.3. The van der Waals surface area contributed by atoms with Crippen LogP contribution in [0.4, 0.5) is 0 Å². The lowest BCUT2D eigenvalue weighted by Crippen LogP contribution is -2.42. The van der Waals surface area contributed by atoms with E-state index >= 15 is 0 Å². The maximum Gasteiger partial charge on any atom is 0.251 e. The predicted molar refractivity (Wildman–Crippen MR) is 80.8 cm³/mol. The molecule has 3 nitrogen and oxygen atoms in total. The number of piperidine rings is 1. The van der Waals surface area contributed by atoms with Crippen LogP contribution < -0.4 is 10.6 Å². The van der Waals surface area contributed by atoms with Crippen LogP contribution in [0.15, 0.2) is 29.2 Å². The van der Waals surface area contributed by atoms with Crippen LogP contribution in [0.5, 0.6) is 0 Å². The van der Waals surface area contributed by atoms with Crippen LogP contribution in [0.25, 0.3) is 0 Å². The van der Waals surface area contributed by atoms with Crippen LogP contribution in [-0.2, 0) is 0 Å². The fourth-order valence-electron chi connectivity index (χ4n) is 2.19. The Morgan fingerprint density at radius 3 is 2.47 bits per heavy atom. The summed E-state index contributed by atoms with van der Waals surface area (Å²) in [5.41, 5.74) is 0.756. The Labute approximate surface area is 119 Å². The molecule has 1 saturated heterocycles. The molecule has 0 bridgehead atoms. The summed E-state index contributed by atoms with van der Waals surface area (Å²) in [6.45, 7) is 6.33. The standard InChI is InChI=1S/C15H22N2OS/c1-11(2)19-14-5-3-12(4-6-14)15(18)17-13-7-9-16-10-8-13/h3-6,11,13,16H,7-10H2,1-2H3,(H,17,18). The van der Waals surface area contributed by atoms with E-state index in [0.29, 0.717) is 11.3 Å². The molecular weight excluding hydrogens is 256 g/mol. The molecule has 0 unspecified atom stereocenters. The lowest BCUT2D eigenvalue weighted by molar-refractivity contribution is 0.0929. The van der Waals surface area contributed by atoms with Gasteiger partial charge < -0.3 is 10.6 Å². The average molecular weight is 278 g/mol. The van der Waals surface area contributed by atoms with Crippen LogP contribution in [-0.4, -0.2) is 30.3 Å². The van der Waals surface area contributed by atoms with Gasteiger partial charge in [0.2, 0.25) is 0 Å². The number of carbonyl (C=O) groups is 1. The first-order valence-corrected chi connectivity index (χ1v) is 7.81. The minimum atomic E-state index is 0.0491. The number of benzene rings is 1. The van der Waals surface area contributed by atoms with Gasteiger partial charge in [-0.1, -0.05) is 13.8 Å². The molecule has 1 fully saturated rings. The van der Waals surface area contributed by atoms with Crippen LogP contribution in [0, 0.1) is 0 Å². The van der Waals surface area contributed by atoms with Crippen molar-refractivity contribution in [2.75, 3.05) is 13.1 Å². The Hall–Kier alpha value is -1.00. The number of amides is 1.